The van der Waals surface area contributed by atoms with Crippen LogP contribution in [0.25, 0.3) is 0 Å². The normalized spacial score (nSPS) is 15.4. The molecule has 2 aromatic carbocycles. The molecule has 1 aliphatic heterocycles. The largest absolute Gasteiger partial charge is 0.484 e. The molecule has 4 rings (SSSR count). The Morgan fingerprint density at radius 3 is 2.64 bits per heavy atom. The summed E-state index contributed by atoms with van der Waals surface area (Å²) in [7, 11) is 0. The molecular weight excluding hydrogens is 358 g/mol. The number of primary amides is 1. The quantitative estimate of drug-likeness (QED) is 0.526. The summed E-state index contributed by atoms with van der Waals surface area (Å²) >= 11 is 0. The Morgan fingerprint density at radius 1 is 1.18 bits per heavy atom. The summed E-state index contributed by atoms with van der Waals surface area (Å²) in [5.41, 5.74) is 7.86. The van der Waals surface area contributed by atoms with E-state index in [0.717, 1.165) is 22.6 Å². The van der Waals surface area contributed by atoms with Crippen LogP contribution in [0.2, 0.25) is 0 Å². The smallest absolute Gasteiger partial charge is 0.255 e. The first-order valence-electron chi connectivity index (χ1n) is 8.81. The van der Waals surface area contributed by atoms with Gasteiger partial charge in [0.15, 0.2) is 12.4 Å². The van der Waals surface area contributed by atoms with Crippen molar-refractivity contribution in [3.63, 3.8) is 0 Å². The number of aromatic nitrogens is 2. The maximum Gasteiger partial charge on any atom is 0.255 e. The minimum Gasteiger partial charge on any atom is -0.484 e. The Labute approximate surface area is 161 Å². The van der Waals surface area contributed by atoms with Gasteiger partial charge < -0.3 is 21.1 Å². The lowest BCUT2D eigenvalue weighted by Gasteiger charge is -2.23. The number of H-pyrrole nitrogens is 1. The van der Waals surface area contributed by atoms with Crippen molar-refractivity contribution in [1.29, 1.82) is 0 Å². The molecule has 2 amide bonds. The predicted octanol–water partition coefficient (Wildman–Crippen LogP) is 2.49. The SMILES string of the molecule is NC(=O)COc1ccc([C@H]2CC(=O)Nc3n[nH]c(Nc4ccccc4)c32)cc1. The molecule has 8 nitrogen and oxygen atoms in total. The van der Waals surface area contributed by atoms with E-state index in [-0.39, 0.29) is 18.4 Å². The third kappa shape index (κ3) is 3.66. The monoisotopic (exact) mass is 377 g/mol. The molecule has 28 heavy (non-hydrogen) atoms. The molecule has 0 unspecified atom stereocenters. The number of amides is 2. The minimum absolute atomic E-state index is 0.0932. The number of hydrogen-bond donors (Lipinski definition) is 4. The Morgan fingerprint density at radius 2 is 1.93 bits per heavy atom. The second-order valence-electron chi connectivity index (χ2n) is 6.48. The van der Waals surface area contributed by atoms with E-state index in [0.29, 0.717) is 18.0 Å². The number of nitrogens with one attached hydrogen (secondary N) is 3. The maximum atomic E-state index is 12.2. The molecule has 1 aliphatic rings. The molecule has 2 heterocycles. The third-order valence-electron chi connectivity index (χ3n) is 4.51. The second-order valence-corrected chi connectivity index (χ2v) is 6.48. The van der Waals surface area contributed by atoms with Gasteiger partial charge in [0.1, 0.15) is 11.6 Å². The molecule has 1 aromatic heterocycles. The van der Waals surface area contributed by atoms with Crippen molar-refractivity contribution in [3.05, 3.63) is 65.7 Å². The third-order valence-corrected chi connectivity index (χ3v) is 4.51. The Hall–Kier alpha value is -3.81. The number of aromatic amines is 1. The fraction of sp³-hybridized carbons (Fsp3) is 0.150. The Bertz CT molecular complexity index is 998. The lowest BCUT2D eigenvalue weighted by Crippen LogP contribution is -2.23. The molecule has 8 heteroatoms. The van der Waals surface area contributed by atoms with Gasteiger partial charge >= 0.3 is 0 Å². The molecule has 0 saturated carbocycles. The van der Waals surface area contributed by atoms with E-state index in [2.05, 4.69) is 20.8 Å². The maximum absolute atomic E-state index is 12.2. The highest BCUT2D eigenvalue weighted by molar-refractivity contribution is 5.95. The number of para-hydroxylation sites is 1. The zero-order valence-electron chi connectivity index (χ0n) is 14.9. The van der Waals surface area contributed by atoms with E-state index in [1.54, 1.807) is 12.1 Å². The summed E-state index contributed by atoms with van der Waals surface area (Å²) in [6.07, 6.45) is 0.303. The van der Waals surface area contributed by atoms with E-state index in [1.807, 2.05) is 42.5 Å². The van der Waals surface area contributed by atoms with Gasteiger partial charge in [0.2, 0.25) is 5.91 Å². The molecule has 142 valence electrons. The number of rotatable bonds is 6. The summed E-state index contributed by atoms with van der Waals surface area (Å²) in [4.78, 5) is 23.0. The van der Waals surface area contributed by atoms with Gasteiger partial charge in [0.05, 0.1) is 0 Å². The summed E-state index contributed by atoms with van der Waals surface area (Å²) in [5, 5.41) is 13.4. The Kier molecular flexibility index (Phi) is 4.67. The number of nitrogens with zero attached hydrogens (tertiary/aromatic N) is 1. The summed E-state index contributed by atoms with van der Waals surface area (Å²) in [5.74, 6) is 1.00. The van der Waals surface area contributed by atoms with E-state index in [4.69, 9.17) is 10.5 Å². The van der Waals surface area contributed by atoms with Gasteiger partial charge in [-0.05, 0) is 29.8 Å². The van der Waals surface area contributed by atoms with Crippen molar-refractivity contribution in [1.82, 2.24) is 10.2 Å². The first-order chi connectivity index (χ1) is 13.6. The van der Waals surface area contributed by atoms with Gasteiger partial charge in [-0.25, -0.2) is 0 Å². The van der Waals surface area contributed by atoms with Crippen LogP contribution in [0, 0.1) is 0 Å². The lowest BCUT2D eigenvalue weighted by atomic mass is 9.86. The van der Waals surface area contributed by atoms with E-state index in [1.165, 1.54) is 0 Å². The zero-order valence-corrected chi connectivity index (χ0v) is 14.9. The van der Waals surface area contributed by atoms with Gasteiger partial charge in [-0.2, -0.15) is 5.10 Å². The highest BCUT2D eigenvalue weighted by Crippen LogP contribution is 2.41. The number of ether oxygens (including phenoxy) is 1. The van der Waals surface area contributed by atoms with Gasteiger partial charge in [0.25, 0.3) is 5.91 Å². The number of nitrogens with two attached hydrogens (primary N) is 1. The number of benzene rings is 2. The van der Waals surface area contributed by atoms with Crippen LogP contribution in [0.4, 0.5) is 17.3 Å². The van der Waals surface area contributed by atoms with Gasteiger partial charge in [-0.3, -0.25) is 14.7 Å². The highest BCUT2D eigenvalue weighted by Gasteiger charge is 2.31. The van der Waals surface area contributed by atoms with Crippen molar-refractivity contribution in [3.8, 4) is 5.75 Å². The average molecular weight is 377 g/mol. The lowest BCUT2D eigenvalue weighted by molar-refractivity contribution is -0.120. The summed E-state index contributed by atoms with van der Waals surface area (Å²) in [6, 6.07) is 17.0. The van der Waals surface area contributed by atoms with Gasteiger partial charge in [-0.15, -0.1) is 0 Å². The number of carbonyl (C=O) groups is 2. The molecule has 1 atom stereocenters. The first-order valence-corrected chi connectivity index (χ1v) is 8.81. The first kappa shape index (κ1) is 17.6. The van der Waals surface area contributed by atoms with Crippen LogP contribution in [-0.2, 0) is 9.59 Å². The van der Waals surface area contributed by atoms with Crippen LogP contribution in [0.3, 0.4) is 0 Å². The fourth-order valence-electron chi connectivity index (χ4n) is 3.25. The molecule has 0 aliphatic carbocycles. The zero-order chi connectivity index (χ0) is 19.5. The van der Waals surface area contributed by atoms with Crippen molar-refractivity contribution in [2.45, 2.75) is 12.3 Å². The van der Waals surface area contributed by atoms with Crippen molar-refractivity contribution < 1.29 is 14.3 Å². The summed E-state index contributed by atoms with van der Waals surface area (Å²) in [6.45, 7) is -0.178. The van der Waals surface area contributed by atoms with Gasteiger partial charge in [0, 0.05) is 23.6 Å². The van der Waals surface area contributed by atoms with Crippen LogP contribution in [-0.4, -0.2) is 28.6 Å². The second kappa shape index (κ2) is 7.43. The van der Waals surface area contributed by atoms with E-state index in [9.17, 15) is 9.59 Å². The molecular formula is C20H19N5O3. The van der Waals surface area contributed by atoms with Crippen molar-refractivity contribution >= 4 is 29.1 Å². The van der Waals surface area contributed by atoms with E-state index < -0.39 is 5.91 Å². The minimum atomic E-state index is -0.535. The van der Waals surface area contributed by atoms with Crippen LogP contribution in [0.5, 0.6) is 5.75 Å². The molecule has 5 N–H and O–H groups in total. The fourth-order valence-corrected chi connectivity index (χ4v) is 3.25. The highest BCUT2D eigenvalue weighted by atomic mass is 16.5. The van der Waals surface area contributed by atoms with Crippen LogP contribution < -0.4 is 21.1 Å². The molecule has 0 radical (unpaired) electrons. The predicted molar refractivity (Wildman–Crippen MR) is 105 cm³/mol. The summed E-state index contributed by atoms with van der Waals surface area (Å²) < 4.78 is 5.30. The molecule has 0 spiro atoms. The van der Waals surface area contributed by atoms with Crippen LogP contribution in [0.15, 0.2) is 54.6 Å². The van der Waals surface area contributed by atoms with Crippen molar-refractivity contribution in [2.75, 3.05) is 17.2 Å². The molecule has 0 fully saturated rings. The molecule has 3 aromatic rings. The average Bonchev–Trinajstić information content (AvgIpc) is 3.09. The van der Waals surface area contributed by atoms with Crippen LogP contribution >= 0.6 is 0 Å². The number of fused-ring (bicyclic) bond motifs is 1. The molecule has 0 bridgehead atoms. The number of anilines is 3. The Balaban J connectivity index is 1.63. The van der Waals surface area contributed by atoms with Crippen molar-refractivity contribution in [2.24, 2.45) is 5.73 Å². The van der Waals surface area contributed by atoms with Gasteiger partial charge in [-0.1, -0.05) is 30.3 Å². The van der Waals surface area contributed by atoms with Crippen LogP contribution in [0.1, 0.15) is 23.5 Å². The van der Waals surface area contributed by atoms with E-state index >= 15 is 0 Å². The topological polar surface area (TPSA) is 122 Å². The number of carbonyl (C=O) groups excluding carboxylic acids is 2. The standard InChI is InChI=1S/C20H19N5O3/c21-16(26)11-28-14-8-6-12(7-9-14)15-10-17(27)23-20-18(15)19(24-25-20)22-13-4-2-1-3-5-13/h1-9,15H,10-11H2,(H2,21,26)(H3,22,23,24,25,27)/t15-/m1/s1. The molecule has 0 saturated heterocycles. The number of hydrogen-bond acceptors (Lipinski definition) is 5.